The highest BCUT2D eigenvalue weighted by molar-refractivity contribution is 6.27. The molecule has 2 aromatic carbocycles. The highest BCUT2D eigenvalue weighted by atomic mass is 16.2. The number of benzene rings is 2. The van der Waals surface area contributed by atoms with Crippen LogP contribution in [0.4, 0.5) is 5.69 Å². The van der Waals surface area contributed by atoms with Gasteiger partial charge in [-0.15, -0.1) is 0 Å². The van der Waals surface area contributed by atoms with E-state index >= 15 is 0 Å². The molecule has 2 bridgehead atoms. The number of nitrogens with one attached hydrogen (secondary N) is 1. The number of fused-ring (bicyclic) bond motifs is 3. The first-order valence-corrected chi connectivity index (χ1v) is 10.6. The standard InChI is InChI=1S/C23H27N3O2/c1-2-3-11-24-19-8-7-18-21-16(19)5-4-6-17(21)22(27)26(23(18)28)20-14-25-12-9-15(20)10-13-25/h4-8,15,20,24H,2-3,9-14H2,1H3/t20-/m1/s1. The van der Waals surface area contributed by atoms with Crippen molar-refractivity contribution in [2.45, 2.75) is 38.6 Å². The summed E-state index contributed by atoms with van der Waals surface area (Å²) in [4.78, 5) is 30.8. The average molecular weight is 377 g/mol. The molecule has 2 amide bonds. The molecule has 3 saturated heterocycles. The minimum Gasteiger partial charge on any atom is -0.385 e. The Morgan fingerprint density at radius 3 is 2.46 bits per heavy atom. The lowest BCUT2D eigenvalue weighted by atomic mass is 9.81. The van der Waals surface area contributed by atoms with Crippen molar-refractivity contribution < 1.29 is 9.59 Å². The van der Waals surface area contributed by atoms with Crippen LogP contribution < -0.4 is 5.32 Å². The second-order valence-corrected chi connectivity index (χ2v) is 8.35. The maximum absolute atomic E-state index is 13.4. The molecule has 2 aromatic rings. The van der Waals surface area contributed by atoms with Crippen molar-refractivity contribution in [3.05, 3.63) is 41.5 Å². The minimum atomic E-state index is -0.118. The van der Waals surface area contributed by atoms with Crippen molar-refractivity contribution in [2.75, 3.05) is 31.5 Å². The van der Waals surface area contributed by atoms with Crippen LogP contribution >= 0.6 is 0 Å². The molecule has 4 heterocycles. The Balaban J connectivity index is 1.56. The maximum atomic E-state index is 13.4. The Labute approximate surface area is 165 Å². The number of carbonyl (C=O) groups excluding carboxylic acids is 2. The number of anilines is 1. The summed E-state index contributed by atoms with van der Waals surface area (Å²) in [7, 11) is 0. The van der Waals surface area contributed by atoms with Crippen molar-refractivity contribution in [1.29, 1.82) is 0 Å². The SMILES string of the molecule is CCCCNc1ccc2c3c(cccc13)C(=O)N([C@@H]1CN3CCC1CC3)C2=O. The fourth-order valence-corrected chi connectivity index (χ4v) is 5.20. The number of hydrogen-bond donors (Lipinski definition) is 1. The van der Waals surface area contributed by atoms with Crippen LogP contribution in [-0.4, -0.2) is 53.8 Å². The molecule has 0 spiro atoms. The van der Waals surface area contributed by atoms with E-state index in [4.69, 9.17) is 0 Å². The quantitative estimate of drug-likeness (QED) is 0.637. The van der Waals surface area contributed by atoms with E-state index in [-0.39, 0.29) is 17.9 Å². The Morgan fingerprint density at radius 2 is 1.79 bits per heavy atom. The molecule has 4 aliphatic rings. The number of carbonyl (C=O) groups is 2. The molecule has 1 atom stereocenters. The molecule has 4 aliphatic heterocycles. The summed E-state index contributed by atoms with van der Waals surface area (Å²) < 4.78 is 0. The number of hydrogen-bond acceptors (Lipinski definition) is 4. The van der Waals surface area contributed by atoms with Gasteiger partial charge in [-0.1, -0.05) is 25.5 Å². The highest BCUT2D eigenvalue weighted by Gasteiger charge is 2.45. The third-order valence-corrected chi connectivity index (χ3v) is 6.74. The molecule has 3 fully saturated rings. The summed E-state index contributed by atoms with van der Waals surface area (Å²) in [6.07, 6.45) is 4.38. The van der Waals surface area contributed by atoms with Crippen LogP contribution in [-0.2, 0) is 0 Å². The molecule has 0 saturated carbocycles. The third-order valence-electron chi connectivity index (χ3n) is 6.74. The van der Waals surface area contributed by atoms with E-state index in [0.29, 0.717) is 17.0 Å². The second kappa shape index (κ2) is 6.89. The Bertz CT molecular complexity index is 924. The zero-order valence-corrected chi connectivity index (χ0v) is 16.4. The molecular formula is C23H27N3O2. The molecule has 28 heavy (non-hydrogen) atoms. The van der Waals surface area contributed by atoms with Crippen LogP contribution in [0.15, 0.2) is 30.3 Å². The maximum Gasteiger partial charge on any atom is 0.261 e. The fraction of sp³-hybridized carbons (Fsp3) is 0.478. The van der Waals surface area contributed by atoms with Crippen molar-refractivity contribution >= 4 is 28.3 Å². The fourth-order valence-electron chi connectivity index (χ4n) is 5.20. The smallest absolute Gasteiger partial charge is 0.261 e. The number of rotatable bonds is 5. The lowest BCUT2D eigenvalue weighted by Crippen LogP contribution is -2.60. The van der Waals surface area contributed by atoms with Gasteiger partial charge in [-0.25, -0.2) is 0 Å². The van der Waals surface area contributed by atoms with Crippen LogP contribution in [0.1, 0.15) is 53.3 Å². The lowest BCUT2D eigenvalue weighted by Gasteiger charge is -2.49. The molecule has 6 rings (SSSR count). The number of amides is 2. The molecule has 0 unspecified atom stereocenters. The summed E-state index contributed by atoms with van der Waals surface area (Å²) in [5, 5.41) is 5.26. The summed E-state index contributed by atoms with van der Waals surface area (Å²) >= 11 is 0. The van der Waals surface area contributed by atoms with Gasteiger partial charge < -0.3 is 10.2 Å². The predicted molar refractivity (Wildman–Crippen MR) is 111 cm³/mol. The van der Waals surface area contributed by atoms with E-state index in [0.717, 1.165) is 68.3 Å². The van der Waals surface area contributed by atoms with Gasteiger partial charge in [0.1, 0.15) is 0 Å². The average Bonchev–Trinajstić information content (AvgIpc) is 2.74. The van der Waals surface area contributed by atoms with Crippen LogP contribution in [0, 0.1) is 5.92 Å². The lowest BCUT2D eigenvalue weighted by molar-refractivity contribution is 0.00882. The van der Waals surface area contributed by atoms with Gasteiger partial charge in [0, 0.05) is 40.7 Å². The van der Waals surface area contributed by atoms with Gasteiger partial charge in [0.25, 0.3) is 11.8 Å². The summed E-state index contributed by atoms with van der Waals surface area (Å²) in [5.41, 5.74) is 2.34. The summed E-state index contributed by atoms with van der Waals surface area (Å²) in [6, 6.07) is 9.75. The molecule has 0 radical (unpaired) electrons. The zero-order chi connectivity index (χ0) is 19.3. The molecule has 0 aromatic heterocycles. The van der Waals surface area contributed by atoms with E-state index in [9.17, 15) is 9.59 Å². The summed E-state index contributed by atoms with van der Waals surface area (Å²) in [5.74, 6) is 0.203. The first-order chi connectivity index (χ1) is 13.7. The summed E-state index contributed by atoms with van der Waals surface area (Å²) in [6.45, 7) is 6.07. The molecule has 0 aliphatic carbocycles. The van der Waals surface area contributed by atoms with Gasteiger partial charge in [0.05, 0.1) is 6.04 Å². The molecule has 5 heteroatoms. The highest BCUT2D eigenvalue weighted by Crippen LogP contribution is 2.38. The minimum absolute atomic E-state index is 0.00765. The van der Waals surface area contributed by atoms with E-state index in [2.05, 4.69) is 17.1 Å². The Kier molecular flexibility index (Phi) is 4.35. The van der Waals surface area contributed by atoms with E-state index in [1.165, 1.54) is 0 Å². The monoisotopic (exact) mass is 377 g/mol. The number of piperidine rings is 3. The first-order valence-electron chi connectivity index (χ1n) is 10.6. The number of unbranched alkanes of at least 4 members (excludes halogenated alkanes) is 1. The van der Waals surface area contributed by atoms with Crippen molar-refractivity contribution in [1.82, 2.24) is 9.80 Å². The van der Waals surface area contributed by atoms with Gasteiger partial charge in [-0.3, -0.25) is 14.5 Å². The van der Waals surface area contributed by atoms with E-state index in [1.807, 2.05) is 30.3 Å². The second-order valence-electron chi connectivity index (χ2n) is 8.35. The van der Waals surface area contributed by atoms with Gasteiger partial charge in [0.2, 0.25) is 0 Å². The molecule has 146 valence electrons. The van der Waals surface area contributed by atoms with Gasteiger partial charge in [-0.05, 0) is 56.5 Å². The third kappa shape index (κ3) is 2.64. The van der Waals surface area contributed by atoms with Gasteiger partial charge in [-0.2, -0.15) is 0 Å². The van der Waals surface area contributed by atoms with Crippen molar-refractivity contribution in [3.63, 3.8) is 0 Å². The topological polar surface area (TPSA) is 52.7 Å². The largest absolute Gasteiger partial charge is 0.385 e. The zero-order valence-electron chi connectivity index (χ0n) is 16.4. The van der Waals surface area contributed by atoms with Gasteiger partial charge in [0.15, 0.2) is 0 Å². The number of imide groups is 1. The van der Waals surface area contributed by atoms with E-state index in [1.54, 1.807) is 4.90 Å². The Hall–Kier alpha value is -2.40. The molecule has 1 N–H and O–H groups in total. The predicted octanol–water partition coefficient (Wildman–Crippen LogP) is 3.74. The first kappa shape index (κ1) is 17.7. The van der Waals surface area contributed by atoms with Crippen LogP contribution in [0.25, 0.3) is 10.8 Å². The Morgan fingerprint density at radius 1 is 1.04 bits per heavy atom. The van der Waals surface area contributed by atoms with E-state index < -0.39 is 0 Å². The normalized spacial score (nSPS) is 26.2. The molecule has 5 nitrogen and oxygen atoms in total. The van der Waals surface area contributed by atoms with Gasteiger partial charge >= 0.3 is 0 Å². The van der Waals surface area contributed by atoms with Crippen molar-refractivity contribution in [2.24, 2.45) is 5.92 Å². The van der Waals surface area contributed by atoms with Crippen LogP contribution in [0.2, 0.25) is 0 Å². The van der Waals surface area contributed by atoms with Crippen LogP contribution in [0.3, 0.4) is 0 Å². The van der Waals surface area contributed by atoms with Crippen molar-refractivity contribution in [3.8, 4) is 0 Å². The number of nitrogens with zero attached hydrogens (tertiary/aromatic N) is 2. The van der Waals surface area contributed by atoms with Crippen LogP contribution in [0.5, 0.6) is 0 Å². The molecular weight excluding hydrogens is 350 g/mol.